The number of fused-ring (bicyclic) bond motifs is 2. The highest BCUT2D eigenvalue weighted by Crippen LogP contribution is 2.45. The molecule has 0 saturated heterocycles. The lowest BCUT2D eigenvalue weighted by Gasteiger charge is -2.23. The van der Waals surface area contributed by atoms with Crippen molar-refractivity contribution in [2.24, 2.45) is 0 Å². The fraction of sp³-hybridized carbons (Fsp3) is 0.280. The number of thiophene rings is 1. The van der Waals surface area contributed by atoms with Crippen molar-refractivity contribution >= 4 is 40.3 Å². The Hall–Kier alpha value is -2.47. The minimum Gasteiger partial charge on any atom is -0.375 e. The number of hydrogen-bond donors (Lipinski definition) is 1. The summed E-state index contributed by atoms with van der Waals surface area (Å²) < 4.78 is 0. The molecule has 0 radical (unpaired) electrons. The van der Waals surface area contributed by atoms with Gasteiger partial charge >= 0.3 is 0 Å². The number of aryl methyl sites for hydroxylation is 2. The normalized spacial score (nSPS) is 19.9. The molecule has 4 nitrogen and oxygen atoms in total. The average molecular weight is 452 g/mol. The number of Topliss-reactive ketones (excluding diaryl/α,β-unsaturated/α-hetero) is 1. The number of anilines is 1. The minimum atomic E-state index is -1.93. The number of hydrogen-bond acceptors (Lipinski definition) is 4. The van der Waals surface area contributed by atoms with Gasteiger partial charge in [-0.25, -0.2) is 0 Å². The molecular formula is C25H22ClNO3S. The van der Waals surface area contributed by atoms with Crippen LogP contribution in [0.3, 0.4) is 0 Å². The average Bonchev–Trinajstić information content (AvgIpc) is 3.35. The van der Waals surface area contributed by atoms with Crippen molar-refractivity contribution in [2.75, 3.05) is 4.90 Å². The van der Waals surface area contributed by atoms with E-state index in [-0.39, 0.29) is 12.2 Å². The number of nitrogens with zero attached hydrogens (tertiary/aromatic N) is 1. The first-order chi connectivity index (χ1) is 15.0. The number of ketones is 1. The molecule has 3 aromatic rings. The first-order valence-corrected chi connectivity index (χ1v) is 11.7. The summed E-state index contributed by atoms with van der Waals surface area (Å²) in [5.74, 6) is -0.724. The van der Waals surface area contributed by atoms with Crippen LogP contribution in [0, 0.1) is 0 Å². The number of amides is 1. The highest BCUT2D eigenvalue weighted by Gasteiger charge is 2.51. The maximum Gasteiger partial charge on any atom is 0.264 e. The van der Waals surface area contributed by atoms with Crippen LogP contribution >= 0.6 is 22.9 Å². The van der Waals surface area contributed by atoms with Gasteiger partial charge in [0, 0.05) is 21.0 Å². The van der Waals surface area contributed by atoms with Gasteiger partial charge in [-0.1, -0.05) is 29.8 Å². The van der Waals surface area contributed by atoms with Gasteiger partial charge in [-0.15, -0.1) is 11.3 Å². The van der Waals surface area contributed by atoms with Gasteiger partial charge in [0.05, 0.1) is 18.7 Å². The topological polar surface area (TPSA) is 57.6 Å². The van der Waals surface area contributed by atoms with Crippen LogP contribution in [0.5, 0.6) is 0 Å². The summed E-state index contributed by atoms with van der Waals surface area (Å²) in [6.45, 7) is 0.348. The van der Waals surface area contributed by atoms with E-state index in [4.69, 9.17) is 11.6 Å². The second kappa shape index (κ2) is 7.90. The molecule has 1 N–H and O–H groups in total. The van der Waals surface area contributed by atoms with Crippen LogP contribution in [0.4, 0.5) is 5.69 Å². The number of carbonyl (C=O) groups is 2. The molecule has 2 aromatic carbocycles. The zero-order valence-electron chi connectivity index (χ0n) is 16.9. The van der Waals surface area contributed by atoms with Crippen molar-refractivity contribution in [3.8, 4) is 0 Å². The lowest BCUT2D eigenvalue weighted by Crippen LogP contribution is -2.41. The monoisotopic (exact) mass is 451 g/mol. The van der Waals surface area contributed by atoms with E-state index in [1.165, 1.54) is 17.5 Å². The Balaban J connectivity index is 1.48. The molecular weight excluding hydrogens is 430 g/mol. The van der Waals surface area contributed by atoms with Crippen LogP contribution in [0.1, 0.15) is 51.2 Å². The fourth-order valence-corrected chi connectivity index (χ4v) is 5.52. The van der Waals surface area contributed by atoms with Crippen molar-refractivity contribution in [3.63, 3.8) is 0 Å². The van der Waals surface area contributed by atoms with Gasteiger partial charge in [0.1, 0.15) is 0 Å². The molecule has 1 aliphatic carbocycles. The molecule has 31 heavy (non-hydrogen) atoms. The van der Waals surface area contributed by atoms with Gasteiger partial charge in [0.25, 0.3) is 5.91 Å². The lowest BCUT2D eigenvalue weighted by molar-refractivity contribution is -0.136. The van der Waals surface area contributed by atoms with Crippen LogP contribution < -0.4 is 4.90 Å². The number of halogens is 1. The van der Waals surface area contributed by atoms with E-state index in [2.05, 4.69) is 0 Å². The molecule has 2 aliphatic rings. The van der Waals surface area contributed by atoms with Gasteiger partial charge in [0.2, 0.25) is 0 Å². The highest BCUT2D eigenvalue weighted by atomic mass is 35.5. The van der Waals surface area contributed by atoms with Gasteiger partial charge in [-0.2, -0.15) is 0 Å². The Morgan fingerprint density at radius 2 is 1.90 bits per heavy atom. The van der Waals surface area contributed by atoms with E-state index in [1.807, 2.05) is 35.7 Å². The largest absolute Gasteiger partial charge is 0.375 e. The molecule has 0 saturated carbocycles. The van der Waals surface area contributed by atoms with Crippen LogP contribution in [-0.4, -0.2) is 16.8 Å². The molecule has 158 valence electrons. The summed E-state index contributed by atoms with van der Waals surface area (Å²) in [6.07, 6.45) is 3.99. The van der Waals surface area contributed by atoms with E-state index in [0.29, 0.717) is 28.4 Å². The van der Waals surface area contributed by atoms with Gasteiger partial charge in [-0.3, -0.25) is 9.59 Å². The summed E-state index contributed by atoms with van der Waals surface area (Å²) in [7, 11) is 0. The molecule has 1 aromatic heterocycles. The van der Waals surface area contributed by atoms with Crippen LogP contribution in [0.25, 0.3) is 0 Å². The molecule has 2 heterocycles. The SMILES string of the molecule is O=C(CC1(O)C(=O)N(Cc2cccs2)c2ccc(Cl)cc21)c1ccc2c(c1)CCCC2. The maximum absolute atomic E-state index is 13.4. The van der Waals surface area contributed by atoms with E-state index in [1.54, 1.807) is 34.4 Å². The first-order valence-electron chi connectivity index (χ1n) is 10.5. The third-order valence-corrected chi connectivity index (χ3v) is 7.37. The van der Waals surface area contributed by atoms with Gasteiger partial charge in [0.15, 0.2) is 11.4 Å². The smallest absolute Gasteiger partial charge is 0.264 e. The van der Waals surface area contributed by atoms with Crippen LogP contribution in [0.15, 0.2) is 53.9 Å². The van der Waals surface area contributed by atoms with Gasteiger partial charge < -0.3 is 10.0 Å². The summed E-state index contributed by atoms with van der Waals surface area (Å²) in [4.78, 5) is 29.2. The summed E-state index contributed by atoms with van der Waals surface area (Å²) >= 11 is 7.74. The third kappa shape index (κ3) is 3.61. The minimum absolute atomic E-state index is 0.242. The lowest BCUT2D eigenvalue weighted by atomic mass is 9.85. The number of benzene rings is 2. The van der Waals surface area contributed by atoms with E-state index in [9.17, 15) is 14.7 Å². The van der Waals surface area contributed by atoms with E-state index in [0.717, 1.165) is 24.1 Å². The third-order valence-electron chi connectivity index (χ3n) is 6.27. The zero-order chi connectivity index (χ0) is 21.6. The second-order valence-corrected chi connectivity index (χ2v) is 9.75. The predicted octanol–water partition coefficient (Wildman–Crippen LogP) is 5.29. The van der Waals surface area contributed by atoms with E-state index < -0.39 is 11.5 Å². The first kappa shape index (κ1) is 20.4. The zero-order valence-corrected chi connectivity index (χ0v) is 18.5. The maximum atomic E-state index is 13.4. The molecule has 5 rings (SSSR count). The van der Waals surface area contributed by atoms with Crippen molar-refractivity contribution in [1.82, 2.24) is 0 Å². The summed E-state index contributed by atoms with van der Waals surface area (Å²) in [6, 6.07) is 14.7. The number of aliphatic hydroxyl groups is 1. The van der Waals surface area contributed by atoms with Crippen molar-refractivity contribution in [3.05, 3.63) is 86.1 Å². The second-order valence-electron chi connectivity index (χ2n) is 8.28. The standard InChI is InChI=1S/C25H22ClNO3S/c26-19-9-10-22-21(13-19)25(30,24(29)27(22)15-20-6-3-11-31-20)14-23(28)18-8-7-16-4-1-2-5-17(16)12-18/h3,6-13,30H,1-2,4-5,14-15H2. The Labute approximate surface area is 190 Å². The quantitative estimate of drug-likeness (QED) is 0.536. The molecule has 1 amide bonds. The Morgan fingerprint density at radius 3 is 2.68 bits per heavy atom. The summed E-state index contributed by atoms with van der Waals surface area (Å²) in [5, 5.41) is 13.9. The predicted molar refractivity (Wildman–Crippen MR) is 123 cm³/mol. The van der Waals surface area contributed by atoms with E-state index >= 15 is 0 Å². The van der Waals surface area contributed by atoms with Crippen molar-refractivity contribution < 1.29 is 14.7 Å². The molecule has 0 spiro atoms. The van der Waals surface area contributed by atoms with Crippen molar-refractivity contribution in [1.29, 1.82) is 0 Å². The molecule has 0 bridgehead atoms. The van der Waals surface area contributed by atoms with Crippen LogP contribution in [0.2, 0.25) is 5.02 Å². The number of rotatable bonds is 5. The van der Waals surface area contributed by atoms with Gasteiger partial charge in [-0.05, 0) is 72.5 Å². The Bertz CT molecular complexity index is 1170. The number of carbonyl (C=O) groups excluding carboxylic acids is 2. The van der Waals surface area contributed by atoms with Crippen molar-refractivity contribution in [2.45, 2.75) is 44.2 Å². The molecule has 6 heteroatoms. The summed E-state index contributed by atoms with van der Waals surface area (Å²) in [5.41, 5.74) is 2.10. The molecule has 1 atom stereocenters. The molecule has 0 fully saturated rings. The highest BCUT2D eigenvalue weighted by molar-refractivity contribution is 7.09. The molecule has 1 aliphatic heterocycles. The Kier molecular flexibility index (Phi) is 5.21. The van der Waals surface area contributed by atoms with Crippen LogP contribution in [-0.2, 0) is 29.8 Å². The molecule has 1 unspecified atom stereocenters. The fourth-order valence-electron chi connectivity index (χ4n) is 4.65. The Morgan fingerprint density at radius 1 is 1.10 bits per heavy atom.